The normalized spacial score (nSPS) is 29.5. The van der Waals surface area contributed by atoms with Crippen molar-refractivity contribution in [3.05, 3.63) is 29.8 Å². The molecule has 0 spiro atoms. The fourth-order valence-electron chi connectivity index (χ4n) is 3.37. The number of amides is 3. The fraction of sp³-hybridized carbons (Fsp3) is 0.471. The molecule has 1 aromatic rings. The van der Waals surface area contributed by atoms with Crippen LogP contribution in [-0.2, 0) is 14.4 Å². The molecule has 0 aromatic heterocycles. The molecule has 1 aromatic carbocycles. The van der Waals surface area contributed by atoms with E-state index in [9.17, 15) is 14.4 Å². The Labute approximate surface area is 157 Å². The zero-order chi connectivity index (χ0) is 17.4. The molecule has 3 amide bonds. The first-order chi connectivity index (χ1) is 11.4. The lowest BCUT2D eigenvalue weighted by atomic mass is 9.81. The van der Waals surface area contributed by atoms with E-state index < -0.39 is 0 Å². The van der Waals surface area contributed by atoms with Gasteiger partial charge in [-0.05, 0) is 31.4 Å². The standard InChI is InChI=1S/C17H18Br2N2O3/c1-9-4-2-3-5-14(9)20-15(22)8-21-16(23)10-6-12(18)13(19)7-11(10)17(21)24/h2-5,10-13H,6-8H2,1H3,(H,20,22)/t10-,11+,12-,13-/m0/s1. The van der Waals surface area contributed by atoms with Gasteiger partial charge in [-0.1, -0.05) is 50.1 Å². The van der Waals surface area contributed by atoms with Crippen molar-refractivity contribution in [2.75, 3.05) is 11.9 Å². The van der Waals surface area contributed by atoms with Crippen LogP contribution in [-0.4, -0.2) is 38.8 Å². The van der Waals surface area contributed by atoms with Crippen LogP contribution in [0.3, 0.4) is 0 Å². The topological polar surface area (TPSA) is 66.5 Å². The van der Waals surface area contributed by atoms with Crippen molar-refractivity contribution in [1.29, 1.82) is 0 Å². The average Bonchev–Trinajstić information content (AvgIpc) is 2.75. The van der Waals surface area contributed by atoms with Gasteiger partial charge >= 0.3 is 0 Å². The maximum atomic E-state index is 12.5. The molecule has 0 bridgehead atoms. The summed E-state index contributed by atoms with van der Waals surface area (Å²) in [6.07, 6.45) is 1.22. The van der Waals surface area contributed by atoms with E-state index in [2.05, 4.69) is 37.2 Å². The van der Waals surface area contributed by atoms with Crippen LogP contribution in [0.5, 0.6) is 0 Å². The summed E-state index contributed by atoms with van der Waals surface area (Å²) in [5.41, 5.74) is 1.63. The Morgan fingerprint density at radius 3 is 2.21 bits per heavy atom. The molecule has 1 heterocycles. The largest absolute Gasteiger partial charge is 0.324 e. The summed E-state index contributed by atoms with van der Waals surface area (Å²) in [7, 11) is 0. The lowest BCUT2D eigenvalue weighted by molar-refractivity contribution is -0.142. The Kier molecular flexibility index (Phi) is 5.11. The van der Waals surface area contributed by atoms with Gasteiger partial charge in [0.15, 0.2) is 0 Å². The molecule has 7 heteroatoms. The van der Waals surface area contributed by atoms with Gasteiger partial charge in [0.05, 0.1) is 11.8 Å². The molecule has 1 N–H and O–H groups in total. The van der Waals surface area contributed by atoms with Crippen molar-refractivity contribution < 1.29 is 14.4 Å². The first kappa shape index (κ1) is 17.6. The van der Waals surface area contributed by atoms with Gasteiger partial charge in [0.25, 0.3) is 0 Å². The van der Waals surface area contributed by atoms with E-state index in [4.69, 9.17) is 0 Å². The zero-order valence-electron chi connectivity index (χ0n) is 13.2. The summed E-state index contributed by atoms with van der Waals surface area (Å²) >= 11 is 7.10. The number of nitrogens with one attached hydrogen (secondary N) is 1. The molecule has 2 fully saturated rings. The molecule has 1 aliphatic carbocycles. The third-order valence-electron chi connectivity index (χ3n) is 4.72. The number of para-hydroxylation sites is 1. The Morgan fingerprint density at radius 1 is 1.12 bits per heavy atom. The molecule has 1 aliphatic heterocycles. The molecule has 128 valence electrons. The SMILES string of the molecule is Cc1ccccc1NC(=O)CN1C(=O)[C@H]2C[C@H](Br)[C@@H](Br)C[C@H]2C1=O. The van der Waals surface area contributed by atoms with Crippen LogP contribution in [0.25, 0.3) is 0 Å². The molecule has 5 nitrogen and oxygen atoms in total. The van der Waals surface area contributed by atoms with E-state index in [1.54, 1.807) is 6.07 Å². The third-order valence-corrected chi connectivity index (χ3v) is 7.46. The van der Waals surface area contributed by atoms with Gasteiger partial charge < -0.3 is 5.32 Å². The van der Waals surface area contributed by atoms with Gasteiger partial charge in [-0.2, -0.15) is 0 Å². The monoisotopic (exact) mass is 456 g/mol. The molecular weight excluding hydrogens is 440 g/mol. The highest BCUT2D eigenvalue weighted by atomic mass is 79.9. The van der Waals surface area contributed by atoms with Crippen molar-refractivity contribution in [3.8, 4) is 0 Å². The summed E-state index contributed by atoms with van der Waals surface area (Å²) in [4.78, 5) is 38.8. The predicted octanol–water partition coefficient (Wildman–Crippen LogP) is 2.86. The van der Waals surface area contributed by atoms with Crippen LogP contribution < -0.4 is 5.32 Å². The molecule has 0 radical (unpaired) electrons. The number of rotatable bonds is 3. The van der Waals surface area contributed by atoms with Crippen LogP contribution in [0.4, 0.5) is 5.69 Å². The van der Waals surface area contributed by atoms with Gasteiger partial charge in [-0.15, -0.1) is 0 Å². The van der Waals surface area contributed by atoms with Crippen LogP contribution in [0, 0.1) is 18.8 Å². The van der Waals surface area contributed by atoms with E-state index >= 15 is 0 Å². The molecular formula is C17H18Br2N2O3. The number of fused-ring (bicyclic) bond motifs is 1. The number of carbonyl (C=O) groups is 3. The minimum absolute atomic E-state index is 0.163. The van der Waals surface area contributed by atoms with Crippen LogP contribution >= 0.6 is 31.9 Å². The van der Waals surface area contributed by atoms with Crippen LogP contribution in [0.1, 0.15) is 18.4 Å². The highest BCUT2D eigenvalue weighted by Gasteiger charge is 2.52. The van der Waals surface area contributed by atoms with E-state index in [-0.39, 0.29) is 45.8 Å². The number of aryl methyl sites for hydroxylation is 1. The molecule has 4 atom stereocenters. The number of halogens is 2. The quantitative estimate of drug-likeness (QED) is 0.560. The smallest absolute Gasteiger partial charge is 0.244 e. The third kappa shape index (κ3) is 3.28. The Bertz CT molecular complexity index is 666. The van der Waals surface area contributed by atoms with Gasteiger partial charge in [-0.3, -0.25) is 19.3 Å². The number of carbonyl (C=O) groups excluding carboxylic acids is 3. The number of hydrogen-bond acceptors (Lipinski definition) is 3. The number of nitrogens with zero attached hydrogens (tertiary/aromatic N) is 1. The second-order valence-corrected chi connectivity index (χ2v) is 8.69. The highest BCUT2D eigenvalue weighted by molar-refractivity contribution is 9.12. The maximum absolute atomic E-state index is 12.5. The molecule has 1 saturated heterocycles. The highest BCUT2D eigenvalue weighted by Crippen LogP contribution is 2.43. The minimum atomic E-state index is -0.351. The van der Waals surface area contributed by atoms with Crippen molar-refractivity contribution in [3.63, 3.8) is 0 Å². The van der Waals surface area contributed by atoms with Crippen molar-refractivity contribution in [2.24, 2.45) is 11.8 Å². The minimum Gasteiger partial charge on any atom is -0.324 e. The number of benzene rings is 1. The first-order valence-corrected chi connectivity index (χ1v) is 9.70. The average molecular weight is 458 g/mol. The molecule has 2 aliphatic rings. The Morgan fingerprint density at radius 2 is 1.67 bits per heavy atom. The second kappa shape index (κ2) is 6.96. The Balaban J connectivity index is 1.69. The van der Waals surface area contributed by atoms with Crippen LogP contribution in [0.2, 0.25) is 0 Å². The molecule has 24 heavy (non-hydrogen) atoms. The first-order valence-electron chi connectivity index (χ1n) is 7.87. The summed E-state index contributed by atoms with van der Waals surface area (Å²) in [5.74, 6) is -1.44. The molecule has 1 saturated carbocycles. The van der Waals surface area contributed by atoms with Crippen molar-refractivity contribution in [1.82, 2.24) is 4.90 Å². The number of hydrogen-bond donors (Lipinski definition) is 1. The van der Waals surface area contributed by atoms with Crippen LogP contribution in [0.15, 0.2) is 24.3 Å². The summed E-state index contributed by atoms with van der Waals surface area (Å²) in [5, 5.41) is 2.77. The van der Waals surface area contributed by atoms with E-state index in [0.29, 0.717) is 18.5 Å². The predicted molar refractivity (Wildman–Crippen MR) is 98.2 cm³/mol. The van der Waals surface area contributed by atoms with E-state index in [1.165, 1.54) is 0 Å². The number of anilines is 1. The van der Waals surface area contributed by atoms with Gasteiger partial charge in [0.2, 0.25) is 17.7 Å². The second-order valence-electron chi connectivity index (χ2n) is 6.34. The van der Waals surface area contributed by atoms with Gasteiger partial charge in [-0.25, -0.2) is 0 Å². The summed E-state index contributed by atoms with van der Waals surface area (Å²) < 4.78 is 0. The maximum Gasteiger partial charge on any atom is 0.244 e. The van der Waals surface area contributed by atoms with Crippen molar-refractivity contribution >= 4 is 55.3 Å². The number of likely N-dealkylation sites (tertiary alicyclic amines) is 1. The van der Waals surface area contributed by atoms with E-state index in [0.717, 1.165) is 10.5 Å². The summed E-state index contributed by atoms with van der Waals surface area (Å²) in [6.45, 7) is 1.67. The lowest BCUT2D eigenvalue weighted by Crippen LogP contribution is -2.38. The lowest BCUT2D eigenvalue weighted by Gasteiger charge is -2.29. The fourth-order valence-corrected chi connectivity index (χ4v) is 4.60. The van der Waals surface area contributed by atoms with Gasteiger partial charge in [0.1, 0.15) is 6.54 Å². The molecule has 0 unspecified atom stereocenters. The van der Waals surface area contributed by atoms with E-state index in [1.807, 2.05) is 25.1 Å². The number of imide groups is 1. The molecule has 3 rings (SSSR count). The van der Waals surface area contributed by atoms with Gasteiger partial charge in [0, 0.05) is 15.3 Å². The zero-order valence-corrected chi connectivity index (χ0v) is 16.3. The Hall–Kier alpha value is -1.21. The summed E-state index contributed by atoms with van der Waals surface area (Å²) in [6, 6.07) is 7.40. The number of alkyl halides is 2. The van der Waals surface area contributed by atoms with Crippen molar-refractivity contribution in [2.45, 2.75) is 29.4 Å².